The maximum absolute atomic E-state index is 12.4. The summed E-state index contributed by atoms with van der Waals surface area (Å²) in [6.45, 7) is 4.59. The molecular formula is C18H18N4O6S. The number of carboxylic acid groups (broad SMARTS) is 1. The fourth-order valence-corrected chi connectivity index (χ4v) is 3.02. The number of aromatic carboxylic acids is 1. The molecule has 2 rings (SSSR count). The first-order chi connectivity index (χ1) is 13.7. The second-order valence-electron chi connectivity index (χ2n) is 5.59. The number of ketones is 1. The second-order valence-corrected chi connectivity index (χ2v) is 6.59. The molecule has 1 aromatic heterocycles. The summed E-state index contributed by atoms with van der Waals surface area (Å²) in [6, 6.07) is 5.90. The third kappa shape index (κ3) is 5.45. The smallest absolute Gasteiger partial charge is 0.350 e. The van der Waals surface area contributed by atoms with Crippen LogP contribution in [0.25, 0.3) is 0 Å². The maximum Gasteiger partial charge on any atom is 0.350 e. The van der Waals surface area contributed by atoms with Crippen molar-refractivity contribution >= 4 is 51.5 Å². The molecule has 11 heteroatoms. The van der Waals surface area contributed by atoms with Crippen LogP contribution in [0, 0.1) is 6.92 Å². The van der Waals surface area contributed by atoms with E-state index < -0.39 is 29.3 Å². The molecule has 0 radical (unpaired) electrons. The van der Waals surface area contributed by atoms with E-state index in [2.05, 4.69) is 20.8 Å². The molecule has 3 N–H and O–H groups in total. The van der Waals surface area contributed by atoms with Crippen LogP contribution in [0.2, 0.25) is 0 Å². The van der Waals surface area contributed by atoms with E-state index in [1.165, 1.54) is 18.2 Å². The monoisotopic (exact) mass is 418 g/mol. The third-order valence-electron chi connectivity index (χ3n) is 3.47. The number of aromatic nitrogens is 1. The molecule has 0 saturated carbocycles. The van der Waals surface area contributed by atoms with Crippen LogP contribution in [0.5, 0.6) is 0 Å². The number of para-hydroxylation sites is 1. The van der Waals surface area contributed by atoms with Gasteiger partial charge in [0.15, 0.2) is 16.6 Å². The van der Waals surface area contributed by atoms with Crippen LogP contribution < -0.4 is 10.7 Å². The van der Waals surface area contributed by atoms with Crippen LogP contribution >= 0.6 is 11.3 Å². The summed E-state index contributed by atoms with van der Waals surface area (Å²) in [5.74, 6) is -3.26. The van der Waals surface area contributed by atoms with Crippen molar-refractivity contribution in [2.45, 2.75) is 20.8 Å². The van der Waals surface area contributed by atoms with Crippen molar-refractivity contribution in [1.82, 2.24) is 4.98 Å². The van der Waals surface area contributed by atoms with E-state index in [9.17, 15) is 24.3 Å². The van der Waals surface area contributed by atoms with Gasteiger partial charge in [-0.2, -0.15) is 5.10 Å². The number of ether oxygens (including phenoxy) is 1. The second kappa shape index (κ2) is 9.55. The van der Waals surface area contributed by atoms with Gasteiger partial charge in [0.1, 0.15) is 4.88 Å². The number of hydrogen-bond acceptors (Lipinski definition) is 9. The Hall–Kier alpha value is -3.60. The van der Waals surface area contributed by atoms with Crippen LogP contribution in [0.3, 0.4) is 0 Å². The first-order valence-electron chi connectivity index (χ1n) is 8.37. The molecule has 1 aromatic carbocycles. The Labute approximate surface area is 169 Å². The summed E-state index contributed by atoms with van der Waals surface area (Å²) in [7, 11) is 0. The van der Waals surface area contributed by atoms with Crippen LogP contribution in [-0.2, 0) is 14.3 Å². The van der Waals surface area contributed by atoms with E-state index in [1.807, 2.05) is 0 Å². The largest absolute Gasteiger partial charge is 0.478 e. The Bertz CT molecular complexity index is 998. The lowest BCUT2D eigenvalue weighted by Gasteiger charge is -2.07. The molecule has 10 nitrogen and oxygen atoms in total. The number of amides is 1. The third-order valence-corrected chi connectivity index (χ3v) is 4.52. The molecule has 0 fully saturated rings. The molecule has 152 valence electrons. The van der Waals surface area contributed by atoms with E-state index >= 15 is 0 Å². The fraction of sp³-hybridized carbons (Fsp3) is 0.222. The van der Waals surface area contributed by atoms with Crippen molar-refractivity contribution in [1.29, 1.82) is 0 Å². The van der Waals surface area contributed by atoms with E-state index in [1.54, 1.807) is 19.9 Å². The van der Waals surface area contributed by atoms with E-state index in [0.717, 1.165) is 18.3 Å². The Morgan fingerprint density at radius 3 is 2.55 bits per heavy atom. The first-order valence-corrected chi connectivity index (χ1v) is 9.19. The summed E-state index contributed by atoms with van der Waals surface area (Å²) in [4.78, 5) is 51.7. The number of nitrogens with zero attached hydrogens (tertiary/aromatic N) is 2. The molecule has 0 aliphatic heterocycles. The summed E-state index contributed by atoms with van der Waals surface area (Å²) in [6.07, 6.45) is 0. The minimum atomic E-state index is -1.19. The van der Waals surface area contributed by atoms with Crippen molar-refractivity contribution in [2.75, 3.05) is 17.3 Å². The Morgan fingerprint density at radius 1 is 1.24 bits per heavy atom. The maximum atomic E-state index is 12.4. The lowest BCUT2D eigenvalue weighted by atomic mass is 10.2. The lowest BCUT2D eigenvalue weighted by Crippen LogP contribution is -2.29. The summed E-state index contributed by atoms with van der Waals surface area (Å²) < 4.78 is 4.91. The highest BCUT2D eigenvalue weighted by Gasteiger charge is 2.22. The number of rotatable bonds is 8. The number of Topliss-reactive ketones (excluding diaryl/α,β-unsaturated/α-hetero) is 1. The number of carbonyl (C=O) groups is 4. The molecule has 0 aliphatic rings. The molecule has 0 atom stereocenters. The number of thiazole rings is 1. The van der Waals surface area contributed by atoms with Gasteiger partial charge in [-0.15, -0.1) is 0 Å². The van der Waals surface area contributed by atoms with Crippen molar-refractivity contribution in [3.05, 3.63) is 40.4 Å². The average Bonchev–Trinajstić information content (AvgIpc) is 3.02. The van der Waals surface area contributed by atoms with Crippen LogP contribution in [0.15, 0.2) is 29.4 Å². The van der Waals surface area contributed by atoms with Crippen LogP contribution in [0.1, 0.15) is 39.6 Å². The zero-order valence-electron chi connectivity index (χ0n) is 15.8. The Morgan fingerprint density at radius 2 is 1.93 bits per heavy atom. The number of anilines is 2. The molecule has 1 heterocycles. The normalized spacial score (nSPS) is 10.9. The van der Waals surface area contributed by atoms with Crippen molar-refractivity contribution in [3.63, 3.8) is 0 Å². The summed E-state index contributed by atoms with van der Waals surface area (Å²) in [5.41, 5.74) is 2.35. The van der Waals surface area contributed by atoms with Gasteiger partial charge < -0.3 is 9.84 Å². The summed E-state index contributed by atoms with van der Waals surface area (Å²) in [5, 5.41) is 15.4. The number of hydrogen-bond donors (Lipinski definition) is 3. The molecule has 1 amide bonds. The molecule has 0 bridgehead atoms. The molecule has 0 unspecified atom stereocenters. The highest BCUT2D eigenvalue weighted by Crippen LogP contribution is 2.23. The van der Waals surface area contributed by atoms with Crippen molar-refractivity contribution in [3.8, 4) is 0 Å². The molecule has 0 aliphatic carbocycles. The predicted octanol–water partition coefficient (Wildman–Crippen LogP) is 2.32. The number of aryl methyl sites for hydroxylation is 1. The first kappa shape index (κ1) is 21.7. The predicted molar refractivity (Wildman–Crippen MR) is 107 cm³/mol. The number of esters is 1. The van der Waals surface area contributed by atoms with Crippen molar-refractivity contribution in [2.24, 2.45) is 5.10 Å². The minimum absolute atomic E-state index is 0.0748. The Kier molecular flexibility index (Phi) is 7.15. The van der Waals surface area contributed by atoms with Gasteiger partial charge in [-0.25, -0.2) is 14.6 Å². The minimum Gasteiger partial charge on any atom is -0.478 e. The van der Waals surface area contributed by atoms with Gasteiger partial charge in [0, 0.05) is 6.92 Å². The van der Waals surface area contributed by atoms with Crippen molar-refractivity contribution < 1.29 is 29.0 Å². The van der Waals surface area contributed by atoms with Crippen LogP contribution in [-0.4, -0.2) is 46.0 Å². The van der Waals surface area contributed by atoms with E-state index in [-0.39, 0.29) is 27.9 Å². The van der Waals surface area contributed by atoms with Crippen LogP contribution in [0.4, 0.5) is 10.8 Å². The fourth-order valence-electron chi connectivity index (χ4n) is 2.16. The lowest BCUT2D eigenvalue weighted by molar-refractivity contribution is -0.114. The number of hydrazone groups is 1. The SMILES string of the molecule is CCOC(=O)c1sc(NC(=O)/C(=N/Nc2ccccc2C(=O)O)C(C)=O)nc1C. The van der Waals surface area contributed by atoms with Gasteiger partial charge >= 0.3 is 11.9 Å². The standard InChI is InChI=1S/C18H18N4O6S/c1-4-28-17(27)14-9(2)19-18(29-14)20-15(24)13(10(3)23)22-21-12-8-6-5-7-11(12)16(25)26/h5-8,21H,4H2,1-3H3,(H,25,26)(H,19,20,24)/b22-13+. The average molecular weight is 418 g/mol. The van der Waals surface area contributed by atoms with E-state index in [4.69, 9.17) is 4.74 Å². The van der Waals surface area contributed by atoms with Gasteiger partial charge in [0.05, 0.1) is 23.6 Å². The van der Waals surface area contributed by atoms with Gasteiger partial charge in [-0.3, -0.25) is 20.3 Å². The number of carboxylic acids is 1. The van der Waals surface area contributed by atoms with Gasteiger partial charge in [0.2, 0.25) is 0 Å². The van der Waals surface area contributed by atoms with E-state index in [0.29, 0.717) is 5.69 Å². The number of nitrogens with one attached hydrogen (secondary N) is 2. The molecule has 29 heavy (non-hydrogen) atoms. The highest BCUT2D eigenvalue weighted by molar-refractivity contribution is 7.17. The highest BCUT2D eigenvalue weighted by atomic mass is 32.1. The van der Waals surface area contributed by atoms with Gasteiger partial charge in [-0.1, -0.05) is 23.5 Å². The molecular weight excluding hydrogens is 400 g/mol. The Balaban J connectivity index is 2.22. The number of carbonyl (C=O) groups excluding carboxylic acids is 3. The number of benzene rings is 1. The molecule has 2 aromatic rings. The topological polar surface area (TPSA) is 147 Å². The summed E-state index contributed by atoms with van der Waals surface area (Å²) >= 11 is 0.904. The zero-order valence-corrected chi connectivity index (χ0v) is 16.6. The quantitative estimate of drug-likeness (QED) is 0.256. The van der Waals surface area contributed by atoms with Gasteiger partial charge in [-0.05, 0) is 26.0 Å². The molecule has 0 spiro atoms. The zero-order chi connectivity index (χ0) is 21.6. The molecule has 0 saturated heterocycles. The van der Waals surface area contributed by atoms with Gasteiger partial charge in [0.25, 0.3) is 5.91 Å².